The minimum absolute atomic E-state index is 0.437. The molecule has 0 fully saturated rings. The summed E-state index contributed by atoms with van der Waals surface area (Å²) in [7, 11) is 0. The first-order valence-corrected chi connectivity index (χ1v) is 13.7. The van der Waals surface area contributed by atoms with Crippen molar-refractivity contribution in [3.8, 4) is 28.2 Å². The van der Waals surface area contributed by atoms with Gasteiger partial charge in [0, 0.05) is 11.3 Å². The molecule has 1 aliphatic rings. The van der Waals surface area contributed by atoms with E-state index in [1.54, 1.807) is 0 Å². The molecule has 1 aliphatic carbocycles. The molecule has 188 valence electrons. The van der Waals surface area contributed by atoms with Crippen molar-refractivity contribution >= 4 is 11.0 Å². The third kappa shape index (κ3) is 3.20. The highest BCUT2D eigenvalue weighted by Crippen LogP contribution is 2.56. The summed E-state index contributed by atoms with van der Waals surface area (Å²) in [5, 5.41) is 0. The third-order valence-electron chi connectivity index (χ3n) is 8.29. The molecule has 0 saturated carbocycles. The fourth-order valence-corrected chi connectivity index (χ4v) is 6.64. The van der Waals surface area contributed by atoms with Gasteiger partial charge in [-0.2, -0.15) is 0 Å². The van der Waals surface area contributed by atoms with Crippen LogP contribution in [0.1, 0.15) is 22.3 Å². The molecule has 1 aromatic heterocycles. The van der Waals surface area contributed by atoms with Gasteiger partial charge in [-0.25, -0.2) is 4.98 Å². The molecule has 0 atom stereocenters. The molecule has 0 saturated heterocycles. The Balaban J connectivity index is 1.48. The molecule has 8 rings (SSSR count). The lowest BCUT2D eigenvalue weighted by Crippen LogP contribution is -2.28. The van der Waals surface area contributed by atoms with E-state index in [1.165, 1.54) is 33.4 Å². The van der Waals surface area contributed by atoms with Gasteiger partial charge in [0.1, 0.15) is 5.82 Å². The van der Waals surface area contributed by atoms with Gasteiger partial charge >= 0.3 is 0 Å². The van der Waals surface area contributed by atoms with E-state index in [0.717, 1.165) is 28.1 Å². The summed E-state index contributed by atoms with van der Waals surface area (Å²) in [4.78, 5) is 5.11. The molecule has 0 N–H and O–H groups in total. The zero-order valence-corrected chi connectivity index (χ0v) is 21.9. The lowest BCUT2D eigenvalue weighted by molar-refractivity contribution is 0.767. The zero-order valence-electron chi connectivity index (χ0n) is 21.9. The SMILES string of the molecule is c1ccc(-c2nc3ccccc3n2-c2ccc3c(c2)C(c2ccccc2)(c2ccccc2)c2ccccc2-3)cc1. The van der Waals surface area contributed by atoms with Crippen molar-refractivity contribution in [2.45, 2.75) is 5.41 Å². The number of imidazole rings is 1. The quantitative estimate of drug-likeness (QED) is 0.231. The Kier molecular flexibility index (Phi) is 5.08. The second kappa shape index (κ2) is 8.93. The fourth-order valence-electron chi connectivity index (χ4n) is 6.64. The predicted molar refractivity (Wildman–Crippen MR) is 164 cm³/mol. The van der Waals surface area contributed by atoms with E-state index < -0.39 is 5.41 Å². The second-order valence-electron chi connectivity index (χ2n) is 10.4. The van der Waals surface area contributed by atoms with Gasteiger partial charge in [-0.05, 0) is 57.6 Å². The molecule has 0 unspecified atom stereocenters. The van der Waals surface area contributed by atoms with E-state index >= 15 is 0 Å². The highest BCUT2D eigenvalue weighted by atomic mass is 15.1. The molecule has 7 aromatic rings. The number of hydrogen-bond donors (Lipinski definition) is 0. The first kappa shape index (κ1) is 22.7. The van der Waals surface area contributed by atoms with E-state index in [4.69, 9.17) is 4.98 Å². The summed E-state index contributed by atoms with van der Waals surface area (Å²) >= 11 is 0. The zero-order chi connectivity index (χ0) is 26.5. The first-order chi connectivity index (χ1) is 19.9. The van der Waals surface area contributed by atoms with E-state index in [9.17, 15) is 0 Å². The van der Waals surface area contributed by atoms with Crippen LogP contribution < -0.4 is 0 Å². The van der Waals surface area contributed by atoms with Crippen molar-refractivity contribution in [2.24, 2.45) is 0 Å². The Morgan fingerprint density at radius 1 is 0.475 bits per heavy atom. The molecule has 0 radical (unpaired) electrons. The molecule has 0 amide bonds. The van der Waals surface area contributed by atoms with Gasteiger partial charge < -0.3 is 0 Å². The van der Waals surface area contributed by atoms with Crippen LogP contribution in [-0.4, -0.2) is 9.55 Å². The average molecular weight is 511 g/mol. The number of hydrogen-bond acceptors (Lipinski definition) is 1. The smallest absolute Gasteiger partial charge is 0.145 e. The standard InChI is InChI=1S/C38H26N2/c1-4-14-27(15-5-1)37-39-35-22-12-13-23-36(35)40(37)30-24-25-32-31-20-10-11-21-33(31)38(34(32)26-30,28-16-6-2-7-17-28)29-18-8-3-9-19-29/h1-26H. The van der Waals surface area contributed by atoms with E-state index in [1.807, 2.05) is 0 Å². The van der Waals surface area contributed by atoms with Crippen molar-refractivity contribution in [3.05, 3.63) is 180 Å². The maximum atomic E-state index is 5.11. The Morgan fingerprint density at radius 2 is 1.05 bits per heavy atom. The Morgan fingerprint density at radius 3 is 1.77 bits per heavy atom. The molecular weight excluding hydrogens is 484 g/mol. The number of benzene rings is 6. The lowest BCUT2D eigenvalue weighted by Gasteiger charge is -2.34. The minimum atomic E-state index is -0.437. The Bertz CT molecular complexity index is 1950. The normalized spacial score (nSPS) is 13.2. The summed E-state index contributed by atoms with van der Waals surface area (Å²) in [6, 6.07) is 56.7. The molecule has 0 bridgehead atoms. The van der Waals surface area contributed by atoms with E-state index in [2.05, 4.69) is 162 Å². The van der Waals surface area contributed by atoms with Crippen LogP contribution in [-0.2, 0) is 5.41 Å². The van der Waals surface area contributed by atoms with Gasteiger partial charge in [-0.15, -0.1) is 0 Å². The van der Waals surface area contributed by atoms with Crippen LogP contribution >= 0.6 is 0 Å². The molecule has 0 aliphatic heterocycles. The van der Waals surface area contributed by atoms with Gasteiger partial charge in [-0.3, -0.25) is 4.57 Å². The largest absolute Gasteiger partial charge is 0.292 e. The van der Waals surface area contributed by atoms with Crippen LogP contribution in [0.4, 0.5) is 0 Å². The fraction of sp³-hybridized carbons (Fsp3) is 0.0263. The van der Waals surface area contributed by atoms with Crippen molar-refractivity contribution in [3.63, 3.8) is 0 Å². The maximum absolute atomic E-state index is 5.11. The number of fused-ring (bicyclic) bond motifs is 4. The molecule has 2 heteroatoms. The number of nitrogens with zero attached hydrogens (tertiary/aromatic N) is 2. The van der Waals surface area contributed by atoms with Gasteiger partial charge in [0.05, 0.1) is 16.4 Å². The minimum Gasteiger partial charge on any atom is -0.292 e. The first-order valence-electron chi connectivity index (χ1n) is 13.7. The lowest BCUT2D eigenvalue weighted by atomic mass is 9.67. The van der Waals surface area contributed by atoms with Gasteiger partial charge in [0.25, 0.3) is 0 Å². The summed E-state index contributed by atoms with van der Waals surface area (Å²) in [6.45, 7) is 0. The summed E-state index contributed by atoms with van der Waals surface area (Å²) in [5.74, 6) is 0.947. The van der Waals surface area contributed by atoms with Crippen molar-refractivity contribution in [1.29, 1.82) is 0 Å². The van der Waals surface area contributed by atoms with Crippen LogP contribution in [0.5, 0.6) is 0 Å². The number of rotatable bonds is 4. The summed E-state index contributed by atoms with van der Waals surface area (Å²) in [5.41, 5.74) is 11.6. The second-order valence-corrected chi connectivity index (χ2v) is 10.4. The van der Waals surface area contributed by atoms with E-state index in [0.29, 0.717) is 0 Å². The topological polar surface area (TPSA) is 17.8 Å². The van der Waals surface area contributed by atoms with Crippen LogP contribution in [0.25, 0.3) is 39.2 Å². The number of para-hydroxylation sites is 2. The van der Waals surface area contributed by atoms with Crippen molar-refractivity contribution in [1.82, 2.24) is 9.55 Å². The molecule has 2 nitrogen and oxygen atoms in total. The van der Waals surface area contributed by atoms with Crippen LogP contribution in [0.2, 0.25) is 0 Å². The molecule has 1 heterocycles. The molecule has 0 spiro atoms. The predicted octanol–water partition coefficient (Wildman–Crippen LogP) is 9.06. The molecule has 40 heavy (non-hydrogen) atoms. The van der Waals surface area contributed by atoms with Gasteiger partial charge in [0.2, 0.25) is 0 Å². The summed E-state index contributed by atoms with van der Waals surface area (Å²) in [6.07, 6.45) is 0. The van der Waals surface area contributed by atoms with Crippen molar-refractivity contribution < 1.29 is 0 Å². The number of aromatic nitrogens is 2. The van der Waals surface area contributed by atoms with Crippen molar-refractivity contribution in [2.75, 3.05) is 0 Å². The van der Waals surface area contributed by atoms with Gasteiger partial charge in [0.15, 0.2) is 0 Å². The van der Waals surface area contributed by atoms with Crippen LogP contribution in [0.3, 0.4) is 0 Å². The molecule has 6 aromatic carbocycles. The Labute approximate surface area is 233 Å². The summed E-state index contributed by atoms with van der Waals surface area (Å²) < 4.78 is 2.31. The molecular formula is C38H26N2. The maximum Gasteiger partial charge on any atom is 0.145 e. The third-order valence-corrected chi connectivity index (χ3v) is 8.29. The van der Waals surface area contributed by atoms with E-state index in [-0.39, 0.29) is 0 Å². The Hall–Kier alpha value is -5.21. The monoisotopic (exact) mass is 510 g/mol. The van der Waals surface area contributed by atoms with Gasteiger partial charge in [-0.1, -0.05) is 133 Å². The highest BCUT2D eigenvalue weighted by Gasteiger charge is 2.46. The van der Waals surface area contributed by atoms with Crippen LogP contribution in [0.15, 0.2) is 158 Å². The van der Waals surface area contributed by atoms with Crippen LogP contribution in [0, 0.1) is 0 Å². The highest BCUT2D eigenvalue weighted by molar-refractivity contribution is 5.88. The average Bonchev–Trinajstić information content (AvgIpc) is 3.57.